The van der Waals surface area contributed by atoms with Crippen molar-refractivity contribution in [2.45, 2.75) is 6.54 Å². The van der Waals surface area contributed by atoms with Crippen LogP contribution in [0.1, 0.15) is 21.5 Å². The molecule has 0 aromatic heterocycles. The number of methoxy groups -OCH3 is 1. The van der Waals surface area contributed by atoms with Crippen LogP contribution in [0, 0.1) is 0 Å². The molecule has 0 bridgehead atoms. The van der Waals surface area contributed by atoms with E-state index >= 15 is 0 Å². The fourth-order valence-corrected chi connectivity index (χ4v) is 2.73. The molecular formula is C16H12N2O2. The molecule has 0 fully saturated rings. The fraction of sp³-hybridized carbons (Fsp3) is 0.125. The topological polar surface area (TPSA) is 41.9 Å². The van der Waals surface area contributed by atoms with E-state index in [0.717, 1.165) is 34.0 Å². The van der Waals surface area contributed by atoms with E-state index in [1.165, 1.54) is 0 Å². The lowest BCUT2D eigenvalue weighted by atomic mass is 10.1. The molecule has 0 saturated heterocycles. The predicted molar refractivity (Wildman–Crippen MR) is 75.5 cm³/mol. The summed E-state index contributed by atoms with van der Waals surface area (Å²) in [6.45, 7) is 0.541. The third-order valence-corrected chi connectivity index (χ3v) is 3.74. The molecule has 0 N–H and O–H groups in total. The van der Waals surface area contributed by atoms with E-state index in [0.29, 0.717) is 6.54 Å². The van der Waals surface area contributed by atoms with Crippen molar-refractivity contribution < 1.29 is 9.53 Å². The van der Waals surface area contributed by atoms with Crippen molar-refractivity contribution in [3.63, 3.8) is 0 Å². The molecule has 0 radical (unpaired) electrons. The smallest absolute Gasteiger partial charge is 0.260 e. The molecule has 20 heavy (non-hydrogen) atoms. The number of amides is 1. The highest BCUT2D eigenvalue weighted by atomic mass is 16.5. The Morgan fingerprint density at radius 2 is 1.95 bits per heavy atom. The van der Waals surface area contributed by atoms with Gasteiger partial charge in [-0.3, -0.25) is 9.69 Å². The molecule has 0 spiro atoms. The van der Waals surface area contributed by atoms with Gasteiger partial charge in [-0.2, -0.15) is 0 Å². The van der Waals surface area contributed by atoms with Crippen LogP contribution in [-0.4, -0.2) is 23.8 Å². The predicted octanol–water partition coefficient (Wildman–Crippen LogP) is 2.74. The molecule has 4 heteroatoms. The summed E-state index contributed by atoms with van der Waals surface area (Å²) in [5, 5.41) is 0. The zero-order valence-corrected chi connectivity index (χ0v) is 11.0. The highest BCUT2D eigenvalue weighted by molar-refractivity contribution is 6.24. The van der Waals surface area contributed by atoms with Crippen LogP contribution in [0.4, 0.5) is 5.69 Å². The fourth-order valence-electron chi connectivity index (χ4n) is 2.73. The Bertz CT molecular complexity index is 765. The minimum atomic E-state index is 0.0211. The molecule has 0 unspecified atom stereocenters. The average molecular weight is 264 g/mol. The maximum atomic E-state index is 12.4. The van der Waals surface area contributed by atoms with Crippen molar-refractivity contribution in [2.24, 2.45) is 4.99 Å². The third-order valence-electron chi connectivity index (χ3n) is 3.74. The Balaban J connectivity index is 1.89. The first kappa shape index (κ1) is 11.2. The Kier molecular flexibility index (Phi) is 2.21. The summed E-state index contributed by atoms with van der Waals surface area (Å²) in [5.41, 5.74) is 3.56. The number of benzene rings is 2. The van der Waals surface area contributed by atoms with E-state index in [-0.39, 0.29) is 5.91 Å². The number of nitrogens with zero attached hydrogens (tertiary/aromatic N) is 2. The molecule has 1 amide bonds. The minimum Gasteiger partial charge on any atom is -0.497 e. The molecule has 4 rings (SSSR count). The van der Waals surface area contributed by atoms with Crippen molar-refractivity contribution in [1.82, 2.24) is 4.90 Å². The van der Waals surface area contributed by atoms with Gasteiger partial charge in [0.25, 0.3) is 5.91 Å². The van der Waals surface area contributed by atoms with Crippen LogP contribution in [0.5, 0.6) is 5.75 Å². The first-order chi connectivity index (χ1) is 9.78. The summed E-state index contributed by atoms with van der Waals surface area (Å²) in [5.74, 6) is 1.56. The largest absolute Gasteiger partial charge is 0.497 e. The van der Waals surface area contributed by atoms with E-state index in [9.17, 15) is 4.79 Å². The van der Waals surface area contributed by atoms with E-state index in [4.69, 9.17) is 4.74 Å². The van der Waals surface area contributed by atoms with Crippen molar-refractivity contribution in [2.75, 3.05) is 7.11 Å². The van der Waals surface area contributed by atoms with Crippen LogP contribution < -0.4 is 4.74 Å². The second-order valence-corrected chi connectivity index (χ2v) is 4.87. The monoisotopic (exact) mass is 264 g/mol. The SMILES string of the molecule is COc1ccc2c(c1)CN1C(=O)c3ccccc3C1=N2. The average Bonchev–Trinajstić information content (AvgIpc) is 2.78. The number of hydrogen-bond donors (Lipinski definition) is 0. The van der Waals surface area contributed by atoms with Crippen molar-refractivity contribution >= 4 is 17.4 Å². The number of rotatable bonds is 1. The standard InChI is InChI=1S/C16H12N2O2/c1-20-11-6-7-14-10(8-11)9-18-15(17-14)12-4-2-3-5-13(12)16(18)19/h2-8H,9H2,1H3. The Morgan fingerprint density at radius 1 is 1.15 bits per heavy atom. The number of ether oxygens (including phenoxy) is 1. The summed E-state index contributed by atoms with van der Waals surface area (Å²) >= 11 is 0. The van der Waals surface area contributed by atoms with E-state index in [1.807, 2.05) is 42.5 Å². The van der Waals surface area contributed by atoms with Crippen molar-refractivity contribution in [1.29, 1.82) is 0 Å². The molecule has 98 valence electrons. The van der Waals surface area contributed by atoms with Crippen LogP contribution in [0.15, 0.2) is 47.5 Å². The first-order valence-corrected chi connectivity index (χ1v) is 6.45. The van der Waals surface area contributed by atoms with Gasteiger partial charge in [0, 0.05) is 11.1 Å². The second-order valence-electron chi connectivity index (χ2n) is 4.87. The number of carbonyl (C=O) groups excluding carboxylic acids is 1. The molecular weight excluding hydrogens is 252 g/mol. The number of hydrogen-bond acceptors (Lipinski definition) is 3. The number of aliphatic imine (C=N–C) groups is 1. The van der Waals surface area contributed by atoms with Gasteiger partial charge in [0.2, 0.25) is 0 Å². The second kappa shape index (κ2) is 3.93. The van der Waals surface area contributed by atoms with Gasteiger partial charge < -0.3 is 4.74 Å². The molecule has 2 aliphatic rings. The summed E-state index contributed by atoms with van der Waals surface area (Å²) < 4.78 is 5.23. The van der Waals surface area contributed by atoms with Crippen molar-refractivity contribution in [3.8, 4) is 5.75 Å². The summed E-state index contributed by atoms with van der Waals surface area (Å²) in [7, 11) is 1.64. The normalized spacial score (nSPS) is 15.3. The van der Waals surface area contributed by atoms with Gasteiger partial charge >= 0.3 is 0 Å². The van der Waals surface area contributed by atoms with Gasteiger partial charge in [0.05, 0.1) is 24.9 Å². The molecule has 4 nitrogen and oxygen atoms in total. The Labute approximate surface area is 116 Å². The number of fused-ring (bicyclic) bond motifs is 4. The zero-order valence-electron chi connectivity index (χ0n) is 11.0. The summed E-state index contributed by atoms with van der Waals surface area (Å²) in [6, 6.07) is 13.4. The zero-order chi connectivity index (χ0) is 13.7. The molecule has 2 aromatic rings. The molecule has 2 heterocycles. The van der Waals surface area contributed by atoms with E-state index < -0.39 is 0 Å². The van der Waals surface area contributed by atoms with Crippen LogP contribution in [0.25, 0.3) is 0 Å². The van der Waals surface area contributed by atoms with E-state index in [1.54, 1.807) is 12.0 Å². The summed E-state index contributed by atoms with van der Waals surface area (Å²) in [4.78, 5) is 18.8. The van der Waals surface area contributed by atoms with Gasteiger partial charge in [-0.25, -0.2) is 4.99 Å². The first-order valence-electron chi connectivity index (χ1n) is 6.45. The Hall–Kier alpha value is -2.62. The van der Waals surface area contributed by atoms with Crippen LogP contribution in [0.2, 0.25) is 0 Å². The van der Waals surface area contributed by atoms with Crippen LogP contribution in [0.3, 0.4) is 0 Å². The van der Waals surface area contributed by atoms with Gasteiger partial charge in [0.1, 0.15) is 11.6 Å². The van der Waals surface area contributed by atoms with Crippen LogP contribution >= 0.6 is 0 Å². The lowest BCUT2D eigenvalue weighted by Crippen LogP contribution is -2.31. The number of carbonyl (C=O) groups is 1. The van der Waals surface area contributed by atoms with Gasteiger partial charge in [-0.15, -0.1) is 0 Å². The van der Waals surface area contributed by atoms with Gasteiger partial charge in [0.15, 0.2) is 0 Å². The Morgan fingerprint density at radius 3 is 2.75 bits per heavy atom. The van der Waals surface area contributed by atoms with Gasteiger partial charge in [-0.05, 0) is 24.3 Å². The third kappa shape index (κ3) is 1.42. The maximum absolute atomic E-state index is 12.4. The van der Waals surface area contributed by atoms with Crippen molar-refractivity contribution in [3.05, 3.63) is 59.2 Å². The van der Waals surface area contributed by atoms with E-state index in [2.05, 4.69) is 4.99 Å². The quantitative estimate of drug-likeness (QED) is 0.794. The molecule has 0 saturated carbocycles. The van der Waals surface area contributed by atoms with Crippen LogP contribution in [-0.2, 0) is 6.54 Å². The highest BCUT2D eigenvalue weighted by Gasteiger charge is 2.36. The maximum Gasteiger partial charge on any atom is 0.260 e. The number of amidine groups is 1. The summed E-state index contributed by atoms with van der Waals surface area (Å²) in [6.07, 6.45) is 0. The van der Waals surface area contributed by atoms with Gasteiger partial charge in [-0.1, -0.05) is 18.2 Å². The minimum absolute atomic E-state index is 0.0211. The highest BCUT2D eigenvalue weighted by Crippen LogP contribution is 2.35. The lowest BCUT2D eigenvalue weighted by molar-refractivity contribution is 0.0851. The lowest BCUT2D eigenvalue weighted by Gasteiger charge is -2.23. The molecule has 2 aliphatic heterocycles. The molecule has 2 aromatic carbocycles. The molecule has 0 aliphatic carbocycles. The molecule has 0 atom stereocenters.